The number of nitrogen functional groups attached to an aromatic ring is 1. The number of hydrogen-bond donors (Lipinski definition) is 1. The van der Waals surface area contributed by atoms with Crippen molar-refractivity contribution in [1.29, 1.82) is 0 Å². The van der Waals surface area contributed by atoms with Crippen LogP contribution in [0.5, 0.6) is 0 Å². The second-order valence-corrected chi connectivity index (χ2v) is 4.43. The summed E-state index contributed by atoms with van der Waals surface area (Å²) >= 11 is 5.29. The van der Waals surface area contributed by atoms with E-state index < -0.39 is 0 Å². The van der Waals surface area contributed by atoms with Crippen molar-refractivity contribution in [1.82, 2.24) is 0 Å². The van der Waals surface area contributed by atoms with Gasteiger partial charge in [0, 0.05) is 15.7 Å². The van der Waals surface area contributed by atoms with Crippen molar-refractivity contribution in [2.75, 3.05) is 11.1 Å². The van der Waals surface area contributed by atoms with Crippen LogP contribution in [0.4, 0.5) is 5.69 Å². The smallest absolute Gasteiger partial charge is 0.147 e. The number of benzene rings is 1. The zero-order valence-electron chi connectivity index (χ0n) is 6.89. The molecule has 0 heterocycles. The van der Waals surface area contributed by atoms with Crippen LogP contribution in [0, 0.1) is 3.57 Å². The average Bonchev–Trinajstić information content (AvgIpc) is 2.11. The third-order valence-electron chi connectivity index (χ3n) is 1.62. The monoisotopic (exact) mass is 353 g/mol. The summed E-state index contributed by atoms with van der Waals surface area (Å²) in [7, 11) is 0. The van der Waals surface area contributed by atoms with E-state index in [1.165, 1.54) is 0 Å². The minimum atomic E-state index is 0.181. The molecular formula is C9H9BrINO. The molecule has 0 aromatic heterocycles. The third-order valence-corrected chi connectivity index (χ3v) is 3.17. The van der Waals surface area contributed by atoms with Gasteiger partial charge in [0.2, 0.25) is 0 Å². The van der Waals surface area contributed by atoms with Crippen molar-refractivity contribution in [3.8, 4) is 0 Å². The Morgan fingerprint density at radius 2 is 2.23 bits per heavy atom. The first-order valence-corrected chi connectivity index (χ1v) is 5.95. The second kappa shape index (κ2) is 4.95. The fraction of sp³-hybridized carbons (Fsp3) is 0.222. The zero-order valence-corrected chi connectivity index (χ0v) is 10.6. The van der Waals surface area contributed by atoms with Gasteiger partial charge in [0.25, 0.3) is 0 Å². The number of hydrogen-bond acceptors (Lipinski definition) is 2. The van der Waals surface area contributed by atoms with Crippen LogP contribution >= 0.6 is 38.5 Å². The van der Waals surface area contributed by atoms with Crippen LogP contribution in [0.3, 0.4) is 0 Å². The standard InChI is InChI=1S/C9H9BrINO/c10-5-7(13)3-6-1-2-9(12)8(11)4-6/h1-2,4H,3,5,12H2. The summed E-state index contributed by atoms with van der Waals surface area (Å²) in [4.78, 5) is 11.1. The summed E-state index contributed by atoms with van der Waals surface area (Å²) in [6, 6.07) is 5.66. The largest absolute Gasteiger partial charge is 0.398 e. The van der Waals surface area contributed by atoms with E-state index in [0.29, 0.717) is 11.8 Å². The Hall–Kier alpha value is -0.100. The molecule has 0 radical (unpaired) electrons. The molecular weight excluding hydrogens is 345 g/mol. The van der Waals surface area contributed by atoms with Gasteiger partial charge in [-0.15, -0.1) is 0 Å². The molecule has 1 rings (SSSR count). The first-order chi connectivity index (χ1) is 6.13. The van der Waals surface area contributed by atoms with Gasteiger partial charge in [-0.3, -0.25) is 4.79 Å². The van der Waals surface area contributed by atoms with Gasteiger partial charge in [-0.05, 0) is 40.3 Å². The highest BCUT2D eigenvalue weighted by Crippen LogP contribution is 2.16. The third kappa shape index (κ3) is 3.27. The molecule has 0 unspecified atom stereocenters. The molecule has 0 fully saturated rings. The molecule has 4 heteroatoms. The van der Waals surface area contributed by atoms with Gasteiger partial charge in [0.05, 0.1) is 5.33 Å². The van der Waals surface area contributed by atoms with E-state index in [2.05, 4.69) is 38.5 Å². The maximum Gasteiger partial charge on any atom is 0.147 e. The van der Waals surface area contributed by atoms with Crippen LogP contribution in [0.1, 0.15) is 5.56 Å². The topological polar surface area (TPSA) is 43.1 Å². The molecule has 1 aromatic carbocycles. The molecule has 0 bridgehead atoms. The van der Waals surface area contributed by atoms with Crippen molar-refractivity contribution in [3.05, 3.63) is 27.3 Å². The average molecular weight is 354 g/mol. The molecule has 0 amide bonds. The van der Waals surface area contributed by atoms with E-state index in [0.717, 1.165) is 14.8 Å². The van der Waals surface area contributed by atoms with Crippen molar-refractivity contribution >= 4 is 50.0 Å². The normalized spacial score (nSPS) is 10.0. The van der Waals surface area contributed by atoms with Crippen LogP contribution < -0.4 is 5.73 Å². The van der Waals surface area contributed by atoms with Crippen molar-refractivity contribution in [2.24, 2.45) is 0 Å². The van der Waals surface area contributed by atoms with E-state index in [9.17, 15) is 4.79 Å². The maximum absolute atomic E-state index is 11.1. The van der Waals surface area contributed by atoms with E-state index >= 15 is 0 Å². The number of carbonyl (C=O) groups is 1. The molecule has 2 N–H and O–H groups in total. The predicted octanol–water partition coefficient (Wildman–Crippen LogP) is 2.38. The van der Waals surface area contributed by atoms with Crippen LogP contribution in [0.2, 0.25) is 0 Å². The van der Waals surface area contributed by atoms with E-state index in [-0.39, 0.29) is 5.78 Å². The van der Waals surface area contributed by atoms with Gasteiger partial charge in [0.15, 0.2) is 0 Å². The minimum absolute atomic E-state index is 0.181. The molecule has 0 aliphatic heterocycles. The number of anilines is 1. The van der Waals surface area contributed by atoms with Crippen LogP contribution in [0.15, 0.2) is 18.2 Å². The Bertz CT molecular complexity index is 327. The van der Waals surface area contributed by atoms with Crippen LogP contribution in [-0.4, -0.2) is 11.1 Å². The van der Waals surface area contributed by atoms with E-state index in [1.54, 1.807) is 0 Å². The highest BCUT2D eigenvalue weighted by Gasteiger charge is 2.03. The first kappa shape index (κ1) is 11.0. The SMILES string of the molecule is Nc1ccc(CC(=O)CBr)cc1I. The first-order valence-electron chi connectivity index (χ1n) is 3.75. The van der Waals surface area contributed by atoms with E-state index in [4.69, 9.17) is 5.73 Å². The van der Waals surface area contributed by atoms with Crippen molar-refractivity contribution < 1.29 is 4.79 Å². The van der Waals surface area contributed by atoms with Crippen LogP contribution in [0.25, 0.3) is 0 Å². The fourth-order valence-corrected chi connectivity index (χ4v) is 1.73. The summed E-state index contributed by atoms with van der Waals surface area (Å²) in [5.74, 6) is 0.181. The quantitative estimate of drug-likeness (QED) is 0.515. The lowest BCUT2D eigenvalue weighted by Crippen LogP contribution is -2.04. The fourth-order valence-electron chi connectivity index (χ4n) is 0.956. The summed E-state index contributed by atoms with van der Waals surface area (Å²) in [6.07, 6.45) is 0.474. The van der Waals surface area contributed by atoms with Gasteiger partial charge in [-0.25, -0.2) is 0 Å². The number of Topliss-reactive ketones (excluding diaryl/α,β-unsaturated/α-hetero) is 1. The second-order valence-electron chi connectivity index (χ2n) is 2.70. The zero-order chi connectivity index (χ0) is 9.84. The number of alkyl halides is 1. The maximum atomic E-state index is 11.1. The predicted molar refractivity (Wildman–Crippen MR) is 66.1 cm³/mol. The number of rotatable bonds is 3. The number of carbonyl (C=O) groups excluding carboxylic acids is 1. The van der Waals surface area contributed by atoms with Gasteiger partial charge in [-0.2, -0.15) is 0 Å². The Kier molecular flexibility index (Phi) is 4.18. The minimum Gasteiger partial charge on any atom is -0.398 e. The molecule has 13 heavy (non-hydrogen) atoms. The summed E-state index contributed by atoms with van der Waals surface area (Å²) < 4.78 is 0.998. The number of ketones is 1. The van der Waals surface area contributed by atoms with E-state index in [1.807, 2.05) is 18.2 Å². The number of halogens is 2. The molecule has 0 spiro atoms. The summed E-state index contributed by atoms with van der Waals surface area (Å²) in [6.45, 7) is 0. The molecule has 0 saturated carbocycles. The van der Waals surface area contributed by atoms with Gasteiger partial charge in [0.1, 0.15) is 5.78 Å². The van der Waals surface area contributed by atoms with Gasteiger partial charge < -0.3 is 5.73 Å². The summed E-state index contributed by atoms with van der Waals surface area (Å²) in [5.41, 5.74) is 7.43. The van der Waals surface area contributed by atoms with Crippen molar-refractivity contribution in [3.63, 3.8) is 0 Å². The molecule has 2 nitrogen and oxygen atoms in total. The Morgan fingerprint density at radius 1 is 1.54 bits per heavy atom. The Morgan fingerprint density at radius 3 is 2.77 bits per heavy atom. The highest BCUT2D eigenvalue weighted by molar-refractivity contribution is 14.1. The molecule has 70 valence electrons. The lowest BCUT2D eigenvalue weighted by molar-refractivity contribution is -0.115. The lowest BCUT2D eigenvalue weighted by Gasteiger charge is -2.02. The lowest BCUT2D eigenvalue weighted by atomic mass is 10.1. The molecule has 1 aromatic rings. The van der Waals surface area contributed by atoms with Gasteiger partial charge >= 0.3 is 0 Å². The van der Waals surface area contributed by atoms with Crippen molar-refractivity contribution in [2.45, 2.75) is 6.42 Å². The van der Waals surface area contributed by atoms with Crippen LogP contribution in [-0.2, 0) is 11.2 Å². The molecule has 0 atom stereocenters. The molecule has 0 saturated heterocycles. The van der Waals surface area contributed by atoms with Gasteiger partial charge in [-0.1, -0.05) is 22.0 Å². The number of nitrogens with two attached hydrogens (primary N) is 1. The Labute approximate surface area is 99.2 Å². The highest BCUT2D eigenvalue weighted by atomic mass is 127. The Balaban J connectivity index is 2.79. The molecule has 0 aliphatic rings. The molecule has 0 aliphatic carbocycles. The summed E-state index contributed by atoms with van der Waals surface area (Å²) in [5, 5.41) is 0.411.